The Morgan fingerprint density at radius 2 is 2.12 bits per heavy atom. The maximum Gasteiger partial charge on any atom is 0.243 e. The molecule has 2 aromatic heterocycles. The van der Waals surface area contributed by atoms with Crippen LogP contribution < -0.4 is 9.47 Å². The van der Waals surface area contributed by atoms with Gasteiger partial charge in [-0.25, -0.2) is 14.0 Å². The Morgan fingerprint density at radius 1 is 1.30 bits per heavy atom. The number of rotatable bonds is 10. The summed E-state index contributed by atoms with van der Waals surface area (Å²) in [6.45, 7) is 17.1. The third-order valence-corrected chi connectivity index (χ3v) is 6.38. The summed E-state index contributed by atoms with van der Waals surface area (Å²) in [6.07, 6.45) is 6.08. The molecule has 0 aliphatic carbocycles. The molecule has 0 radical (unpaired) electrons. The van der Waals surface area contributed by atoms with Crippen molar-refractivity contribution in [1.82, 2.24) is 4.57 Å². The van der Waals surface area contributed by atoms with Crippen molar-refractivity contribution in [3.05, 3.63) is 64.3 Å². The van der Waals surface area contributed by atoms with Crippen molar-refractivity contribution in [2.24, 2.45) is 17.3 Å². The van der Waals surface area contributed by atoms with Gasteiger partial charge >= 0.3 is 0 Å². The van der Waals surface area contributed by atoms with Gasteiger partial charge in [-0.05, 0) is 50.1 Å². The molecule has 3 rings (SSSR count). The number of anilines is 1. The minimum absolute atomic E-state index is 0.400. The van der Waals surface area contributed by atoms with Crippen LogP contribution in [0.25, 0.3) is 4.85 Å². The maximum atomic E-state index is 9.20. The number of aromatic nitrogens is 2. The molecule has 0 bridgehead atoms. The van der Waals surface area contributed by atoms with Crippen molar-refractivity contribution in [3.63, 3.8) is 0 Å². The average Bonchev–Trinajstić information content (AvgIpc) is 3.37. The van der Waals surface area contributed by atoms with E-state index in [1.54, 1.807) is 6.92 Å². The Kier molecular flexibility index (Phi) is 8.31. The highest BCUT2D eigenvalue weighted by Crippen LogP contribution is 2.42. The molecule has 170 valence electrons. The van der Waals surface area contributed by atoms with Crippen LogP contribution >= 0.6 is 11.3 Å². The van der Waals surface area contributed by atoms with Crippen LogP contribution in [0.2, 0.25) is 0 Å². The lowest BCUT2D eigenvalue weighted by molar-refractivity contribution is -0.671. The second-order valence-corrected chi connectivity index (χ2v) is 8.61. The first-order chi connectivity index (χ1) is 16.0. The fraction of sp³-hybridized carbons (Fsp3) is 0.375. The Morgan fingerprint density at radius 3 is 2.76 bits per heavy atom. The van der Waals surface area contributed by atoms with Crippen LogP contribution in [0.1, 0.15) is 22.9 Å². The van der Waals surface area contributed by atoms with E-state index in [0.717, 1.165) is 36.6 Å². The van der Waals surface area contributed by atoms with Gasteiger partial charge < -0.3 is 9.64 Å². The summed E-state index contributed by atoms with van der Waals surface area (Å²) < 4.78 is 9.95. The van der Waals surface area contributed by atoms with Gasteiger partial charge in [-0.2, -0.15) is 15.5 Å². The van der Waals surface area contributed by atoms with Crippen molar-refractivity contribution in [3.8, 4) is 6.07 Å². The largest absolute Gasteiger partial charge is 0.376 e. The molecule has 2 heterocycles. The summed E-state index contributed by atoms with van der Waals surface area (Å²) >= 11 is 1.20. The quantitative estimate of drug-likeness (QED) is 0.176. The fourth-order valence-electron chi connectivity index (χ4n) is 3.39. The van der Waals surface area contributed by atoms with Gasteiger partial charge in [0.2, 0.25) is 12.0 Å². The van der Waals surface area contributed by atoms with E-state index in [-0.39, 0.29) is 0 Å². The number of benzene rings is 1. The number of hydrogen-bond donors (Lipinski definition) is 0. The van der Waals surface area contributed by atoms with E-state index in [1.807, 2.05) is 49.4 Å². The van der Waals surface area contributed by atoms with E-state index in [9.17, 15) is 5.26 Å². The van der Waals surface area contributed by atoms with Gasteiger partial charge in [0.1, 0.15) is 30.0 Å². The molecule has 0 fully saturated rings. The van der Waals surface area contributed by atoms with Gasteiger partial charge in [-0.1, -0.05) is 0 Å². The van der Waals surface area contributed by atoms with Gasteiger partial charge in [-0.15, -0.1) is 11.3 Å². The number of thiophene rings is 1. The molecule has 33 heavy (non-hydrogen) atoms. The molecule has 0 spiro atoms. The van der Waals surface area contributed by atoms with Crippen LogP contribution in [-0.4, -0.2) is 30.9 Å². The minimum Gasteiger partial charge on any atom is -0.376 e. The molecule has 0 aliphatic heterocycles. The minimum atomic E-state index is 0.400. The van der Waals surface area contributed by atoms with Crippen LogP contribution in [0.4, 0.5) is 22.1 Å². The highest BCUT2D eigenvalue weighted by molar-refractivity contribution is 7.17. The van der Waals surface area contributed by atoms with Gasteiger partial charge in [0.25, 0.3) is 0 Å². The lowest BCUT2D eigenvalue weighted by Crippen LogP contribution is -2.27. The van der Waals surface area contributed by atoms with Gasteiger partial charge in [0.05, 0.1) is 37.4 Å². The molecule has 0 saturated heterocycles. The molecule has 0 atom stereocenters. The van der Waals surface area contributed by atoms with E-state index >= 15 is 0 Å². The Balaban J connectivity index is 1.60. The number of azo groups is 1. The predicted molar refractivity (Wildman–Crippen MR) is 130 cm³/mol. The van der Waals surface area contributed by atoms with Crippen LogP contribution in [0.3, 0.4) is 0 Å². The van der Waals surface area contributed by atoms with E-state index in [2.05, 4.69) is 43.6 Å². The van der Waals surface area contributed by atoms with Crippen molar-refractivity contribution >= 4 is 33.4 Å². The lowest BCUT2D eigenvalue weighted by atomic mass is 10.1. The second kappa shape index (κ2) is 11.4. The highest BCUT2D eigenvalue weighted by atomic mass is 32.1. The van der Waals surface area contributed by atoms with Crippen LogP contribution in [0, 0.1) is 31.8 Å². The Bertz CT molecular complexity index is 1210. The van der Waals surface area contributed by atoms with E-state index in [1.165, 1.54) is 11.3 Å². The van der Waals surface area contributed by atoms with Crippen molar-refractivity contribution in [2.75, 3.05) is 31.2 Å². The maximum absolute atomic E-state index is 9.20. The lowest BCUT2D eigenvalue weighted by Gasteiger charge is -2.23. The zero-order chi connectivity index (χ0) is 23.8. The first-order valence-corrected chi connectivity index (χ1v) is 11.6. The summed E-state index contributed by atoms with van der Waals surface area (Å²) in [7, 11) is 2.00. The summed E-state index contributed by atoms with van der Waals surface area (Å²) in [5, 5.41) is 18.3. The number of imidazole rings is 1. The molecule has 0 aliphatic rings. The Hall–Kier alpha value is -3.53. The summed E-state index contributed by atoms with van der Waals surface area (Å²) in [5.41, 5.74) is 3.91. The van der Waals surface area contributed by atoms with Crippen molar-refractivity contribution in [2.45, 2.75) is 27.3 Å². The van der Waals surface area contributed by atoms with E-state index in [4.69, 9.17) is 11.3 Å². The fourth-order valence-corrected chi connectivity index (χ4v) is 4.26. The number of nitriles is 1. The first kappa shape index (κ1) is 24.1. The third-order valence-electron chi connectivity index (χ3n) is 5.31. The molecule has 0 N–H and O–H groups in total. The number of aryl methyl sites for hydroxylation is 2. The average molecular weight is 463 g/mol. The third kappa shape index (κ3) is 6.04. The molecule has 8 nitrogen and oxygen atoms in total. The van der Waals surface area contributed by atoms with Gasteiger partial charge in [0, 0.05) is 18.8 Å². The smallest absolute Gasteiger partial charge is 0.243 e. The zero-order valence-electron chi connectivity index (χ0n) is 19.4. The summed E-state index contributed by atoms with van der Waals surface area (Å²) in [4.78, 5) is 6.29. The monoisotopic (exact) mass is 462 g/mol. The zero-order valence-corrected chi connectivity index (χ0v) is 20.3. The van der Waals surface area contributed by atoms with Crippen molar-refractivity contribution < 1.29 is 9.30 Å². The van der Waals surface area contributed by atoms with Gasteiger partial charge in [0.15, 0.2) is 0 Å². The molecule has 1 aromatic carbocycles. The SMILES string of the molecule is [C-]#[N+]c1c(N=Nc2ccc(N(CC)CCOCCn3cc[n+](C)c3)cc2C)sc(C#N)c1C. The predicted octanol–water partition coefficient (Wildman–Crippen LogP) is 5.37. The molecule has 0 unspecified atom stereocenters. The first-order valence-electron chi connectivity index (χ1n) is 10.7. The second-order valence-electron chi connectivity index (χ2n) is 7.61. The molecule has 0 saturated carbocycles. The van der Waals surface area contributed by atoms with Crippen LogP contribution in [0.15, 0.2) is 47.1 Å². The molecule has 3 aromatic rings. The van der Waals surface area contributed by atoms with E-state index < -0.39 is 0 Å². The number of ether oxygens (including phenoxy) is 1. The summed E-state index contributed by atoms with van der Waals surface area (Å²) in [6, 6.07) is 8.17. The standard InChI is InChI=1S/C24H28N7OS/c1-6-31(12-14-32-13-11-30-10-9-29(5)17-30)20-7-8-21(18(2)15-20)27-28-24-23(26-4)19(3)22(16-25)33-24/h7-10,15,17H,6,11-14H2,1-3,5H3/q+1. The highest BCUT2D eigenvalue weighted by Gasteiger charge is 2.15. The summed E-state index contributed by atoms with van der Waals surface area (Å²) in [5.74, 6) is 0. The molecule has 9 heteroatoms. The van der Waals surface area contributed by atoms with Crippen LogP contribution in [0.5, 0.6) is 0 Å². The Labute approximate surface area is 198 Å². The van der Waals surface area contributed by atoms with E-state index in [0.29, 0.717) is 34.3 Å². The normalized spacial score (nSPS) is 11.0. The molecular formula is C24H28N7OS+. The number of likely N-dealkylation sites (N-methyl/N-ethyl adjacent to an activating group) is 1. The van der Waals surface area contributed by atoms with Crippen LogP contribution in [-0.2, 0) is 18.3 Å². The van der Waals surface area contributed by atoms with Crippen molar-refractivity contribution in [1.29, 1.82) is 5.26 Å². The molecular weight excluding hydrogens is 434 g/mol. The van der Waals surface area contributed by atoms with Gasteiger partial charge in [-0.3, -0.25) is 0 Å². The topological polar surface area (TPSA) is 74.2 Å². The number of nitrogens with zero attached hydrogens (tertiary/aromatic N) is 7. The number of hydrogen-bond acceptors (Lipinski definition) is 6. The molecule has 0 amide bonds.